The molecule has 2 rings (SSSR count). The summed E-state index contributed by atoms with van der Waals surface area (Å²) in [6.07, 6.45) is 1.02. The van der Waals surface area contributed by atoms with E-state index in [2.05, 4.69) is 5.32 Å². The minimum atomic E-state index is -0.707. The quantitative estimate of drug-likeness (QED) is 0.676. The number of hydrogen-bond donors (Lipinski definition) is 1. The molecule has 0 bridgehead atoms. The van der Waals surface area contributed by atoms with Crippen LogP contribution in [0.25, 0.3) is 0 Å². The molecule has 124 valence electrons. The Hall–Kier alpha value is -2.08. The van der Waals surface area contributed by atoms with Gasteiger partial charge in [0.1, 0.15) is 0 Å². The first-order valence-electron chi connectivity index (χ1n) is 7.53. The molecule has 6 nitrogen and oxygen atoms in total. The minimum Gasteiger partial charge on any atom is -0.466 e. The van der Waals surface area contributed by atoms with Crippen LogP contribution in [0.1, 0.15) is 19.8 Å². The highest BCUT2D eigenvalue weighted by molar-refractivity contribution is 6.39. The van der Waals surface area contributed by atoms with Gasteiger partial charge in [0.15, 0.2) is 0 Å². The molecule has 0 atom stereocenters. The van der Waals surface area contributed by atoms with Gasteiger partial charge in [-0.1, -0.05) is 17.7 Å². The Morgan fingerprint density at radius 2 is 2.00 bits per heavy atom. The van der Waals surface area contributed by atoms with E-state index in [1.807, 2.05) is 0 Å². The maximum Gasteiger partial charge on any atom is 0.313 e. The third-order valence-electron chi connectivity index (χ3n) is 3.68. The van der Waals surface area contributed by atoms with Crippen LogP contribution >= 0.6 is 11.6 Å². The van der Waals surface area contributed by atoms with Crippen molar-refractivity contribution >= 4 is 35.1 Å². The maximum atomic E-state index is 12.2. The van der Waals surface area contributed by atoms with Crippen LogP contribution in [0.2, 0.25) is 5.02 Å². The van der Waals surface area contributed by atoms with Gasteiger partial charge >= 0.3 is 17.8 Å². The fourth-order valence-electron chi connectivity index (χ4n) is 2.47. The number of nitrogens with one attached hydrogen (secondary N) is 1. The van der Waals surface area contributed by atoms with Gasteiger partial charge in [-0.3, -0.25) is 14.4 Å². The summed E-state index contributed by atoms with van der Waals surface area (Å²) in [6, 6.07) is 6.59. The highest BCUT2D eigenvalue weighted by Crippen LogP contribution is 2.19. The molecule has 23 heavy (non-hydrogen) atoms. The lowest BCUT2D eigenvalue weighted by atomic mass is 9.97. The van der Waals surface area contributed by atoms with E-state index in [-0.39, 0.29) is 11.9 Å². The van der Waals surface area contributed by atoms with Gasteiger partial charge in [0.05, 0.1) is 12.5 Å². The average molecular weight is 339 g/mol. The summed E-state index contributed by atoms with van der Waals surface area (Å²) >= 11 is 5.84. The number of benzene rings is 1. The second-order valence-electron chi connectivity index (χ2n) is 5.28. The summed E-state index contributed by atoms with van der Waals surface area (Å²) in [5.74, 6) is -1.74. The molecule has 2 amide bonds. The van der Waals surface area contributed by atoms with Crippen LogP contribution < -0.4 is 5.32 Å². The van der Waals surface area contributed by atoms with Crippen molar-refractivity contribution in [3.05, 3.63) is 29.3 Å². The van der Waals surface area contributed by atoms with Crippen molar-refractivity contribution in [3.8, 4) is 0 Å². The SMILES string of the molecule is CCOC(=O)C1CCN(C(=O)C(=O)Nc2cccc(Cl)c2)CC1. The van der Waals surface area contributed by atoms with Crippen molar-refractivity contribution in [1.29, 1.82) is 0 Å². The number of nitrogens with zero attached hydrogens (tertiary/aromatic N) is 1. The maximum absolute atomic E-state index is 12.2. The molecule has 0 aromatic heterocycles. The summed E-state index contributed by atoms with van der Waals surface area (Å²) in [7, 11) is 0. The summed E-state index contributed by atoms with van der Waals surface area (Å²) in [5.41, 5.74) is 0.470. The second kappa shape index (κ2) is 7.97. The number of ether oxygens (including phenoxy) is 1. The first kappa shape index (κ1) is 17.3. The van der Waals surface area contributed by atoms with Crippen molar-refractivity contribution in [3.63, 3.8) is 0 Å². The Bertz CT molecular complexity index is 597. The molecule has 7 heteroatoms. The fourth-order valence-corrected chi connectivity index (χ4v) is 2.66. The number of carbonyl (C=O) groups is 3. The van der Waals surface area contributed by atoms with Gasteiger partial charge in [0.25, 0.3) is 0 Å². The molecule has 1 aliphatic rings. The molecule has 0 spiro atoms. The number of anilines is 1. The highest BCUT2D eigenvalue weighted by atomic mass is 35.5. The monoisotopic (exact) mass is 338 g/mol. The van der Waals surface area contributed by atoms with E-state index in [0.29, 0.717) is 43.2 Å². The second-order valence-corrected chi connectivity index (χ2v) is 5.72. The van der Waals surface area contributed by atoms with Crippen molar-refractivity contribution in [2.24, 2.45) is 5.92 Å². The van der Waals surface area contributed by atoms with Gasteiger partial charge < -0.3 is 15.0 Å². The number of rotatable bonds is 3. The molecular weight excluding hydrogens is 320 g/mol. The molecule has 1 heterocycles. The van der Waals surface area contributed by atoms with Gasteiger partial charge in [-0.15, -0.1) is 0 Å². The normalized spacial score (nSPS) is 15.1. The Labute approximate surface area is 139 Å². The number of carbonyl (C=O) groups excluding carboxylic acids is 3. The lowest BCUT2D eigenvalue weighted by molar-refractivity contribution is -0.152. The summed E-state index contributed by atoms with van der Waals surface area (Å²) in [6.45, 7) is 2.84. The summed E-state index contributed by atoms with van der Waals surface area (Å²) in [5, 5.41) is 3.01. The third-order valence-corrected chi connectivity index (χ3v) is 3.91. The zero-order valence-electron chi connectivity index (χ0n) is 12.9. The fraction of sp³-hybridized carbons (Fsp3) is 0.438. The van der Waals surface area contributed by atoms with Crippen LogP contribution in [0.3, 0.4) is 0 Å². The van der Waals surface area contributed by atoms with Crippen LogP contribution in [0.4, 0.5) is 5.69 Å². The summed E-state index contributed by atoms with van der Waals surface area (Å²) in [4.78, 5) is 37.3. The lowest BCUT2D eigenvalue weighted by Crippen LogP contribution is -2.45. The molecule has 0 radical (unpaired) electrons. The van der Waals surface area contributed by atoms with Crippen molar-refractivity contribution in [2.75, 3.05) is 25.0 Å². The minimum absolute atomic E-state index is 0.199. The molecule has 1 saturated heterocycles. The van der Waals surface area contributed by atoms with Crippen molar-refractivity contribution in [1.82, 2.24) is 4.90 Å². The zero-order valence-corrected chi connectivity index (χ0v) is 13.6. The molecule has 1 N–H and O–H groups in total. The van der Waals surface area contributed by atoms with Crippen LogP contribution in [0.5, 0.6) is 0 Å². The van der Waals surface area contributed by atoms with Gasteiger partial charge in [-0.2, -0.15) is 0 Å². The molecule has 0 unspecified atom stereocenters. The lowest BCUT2D eigenvalue weighted by Gasteiger charge is -2.30. The number of amides is 2. The Morgan fingerprint density at radius 1 is 1.30 bits per heavy atom. The molecule has 0 saturated carbocycles. The van der Waals surface area contributed by atoms with Gasteiger partial charge in [-0.25, -0.2) is 0 Å². The van der Waals surface area contributed by atoms with Gasteiger partial charge in [0.2, 0.25) is 0 Å². The van der Waals surface area contributed by atoms with E-state index in [4.69, 9.17) is 16.3 Å². The van der Waals surface area contributed by atoms with Crippen LogP contribution in [0.15, 0.2) is 24.3 Å². The van der Waals surface area contributed by atoms with Crippen LogP contribution in [0, 0.1) is 5.92 Å². The number of halogens is 1. The molecule has 1 aliphatic heterocycles. The largest absolute Gasteiger partial charge is 0.466 e. The predicted molar refractivity (Wildman–Crippen MR) is 86.0 cm³/mol. The van der Waals surface area contributed by atoms with E-state index in [1.165, 1.54) is 4.90 Å². The molecule has 1 aromatic carbocycles. The summed E-state index contributed by atoms with van der Waals surface area (Å²) < 4.78 is 4.98. The third kappa shape index (κ3) is 4.69. The van der Waals surface area contributed by atoms with E-state index in [1.54, 1.807) is 31.2 Å². The number of likely N-dealkylation sites (tertiary alicyclic amines) is 1. The molecule has 1 fully saturated rings. The molecule has 0 aliphatic carbocycles. The first-order chi connectivity index (χ1) is 11.0. The van der Waals surface area contributed by atoms with E-state index < -0.39 is 11.8 Å². The number of hydrogen-bond acceptors (Lipinski definition) is 4. The van der Waals surface area contributed by atoms with Gasteiger partial charge in [-0.05, 0) is 38.0 Å². The Kier molecular flexibility index (Phi) is 5.98. The van der Waals surface area contributed by atoms with E-state index >= 15 is 0 Å². The molecular formula is C16H19ClN2O4. The van der Waals surface area contributed by atoms with Crippen molar-refractivity contribution in [2.45, 2.75) is 19.8 Å². The average Bonchev–Trinajstić information content (AvgIpc) is 2.54. The number of piperidine rings is 1. The predicted octanol–water partition coefficient (Wildman–Crippen LogP) is 2.08. The number of esters is 1. The smallest absolute Gasteiger partial charge is 0.313 e. The van der Waals surface area contributed by atoms with Crippen LogP contribution in [-0.2, 0) is 19.1 Å². The Balaban J connectivity index is 1.87. The highest BCUT2D eigenvalue weighted by Gasteiger charge is 2.30. The standard InChI is InChI=1S/C16H19ClN2O4/c1-2-23-16(22)11-6-8-19(9-7-11)15(21)14(20)18-13-5-3-4-12(17)10-13/h3-5,10-11H,2,6-9H2,1H3,(H,18,20). The zero-order chi connectivity index (χ0) is 16.8. The topological polar surface area (TPSA) is 75.7 Å². The van der Waals surface area contributed by atoms with Crippen molar-refractivity contribution < 1.29 is 19.1 Å². The molecule has 1 aromatic rings. The van der Waals surface area contributed by atoms with Crippen LogP contribution in [-0.4, -0.2) is 42.4 Å². The van der Waals surface area contributed by atoms with E-state index in [9.17, 15) is 14.4 Å². The first-order valence-corrected chi connectivity index (χ1v) is 7.91. The Morgan fingerprint density at radius 3 is 2.61 bits per heavy atom. The van der Waals surface area contributed by atoms with E-state index in [0.717, 1.165) is 0 Å². The van der Waals surface area contributed by atoms with Gasteiger partial charge in [0, 0.05) is 23.8 Å².